The summed E-state index contributed by atoms with van der Waals surface area (Å²) in [6.07, 6.45) is -0.487. The maximum atomic E-state index is 12.1. The van der Waals surface area contributed by atoms with Crippen LogP contribution in [0.3, 0.4) is 0 Å². The molecule has 0 atom stereocenters. The zero-order valence-electron chi connectivity index (χ0n) is 16.7. The van der Waals surface area contributed by atoms with Crippen molar-refractivity contribution in [1.29, 1.82) is 0 Å². The van der Waals surface area contributed by atoms with Crippen molar-refractivity contribution in [2.24, 2.45) is 5.41 Å². The Morgan fingerprint density at radius 2 is 1.03 bits per heavy atom. The molecular weight excluding hydrogens is 380 g/mol. The average molecular weight is 404 g/mol. The molecule has 0 unspecified atom stereocenters. The van der Waals surface area contributed by atoms with Gasteiger partial charge in [-0.05, 0) is 48.2 Å². The molecule has 2 rings (SSSR count). The lowest BCUT2D eigenvalue weighted by atomic mass is 9.76. The van der Waals surface area contributed by atoms with E-state index in [1.807, 2.05) is 0 Å². The van der Waals surface area contributed by atoms with Gasteiger partial charge in [0, 0.05) is 0 Å². The van der Waals surface area contributed by atoms with Crippen LogP contribution in [0.1, 0.15) is 11.1 Å². The molecule has 0 aliphatic carbocycles. The summed E-state index contributed by atoms with van der Waals surface area (Å²) in [6, 6.07) is 9.62. The molecule has 2 N–H and O–H groups in total. The van der Waals surface area contributed by atoms with E-state index in [0.717, 1.165) is 0 Å². The number of methoxy groups -OCH3 is 4. The highest BCUT2D eigenvalue weighted by atomic mass is 16.5. The fraction of sp³-hybridized carbons (Fsp3) is 0.333. The Morgan fingerprint density at radius 1 is 0.690 bits per heavy atom. The van der Waals surface area contributed by atoms with E-state index in [0.29, 0.717) is 34.1 Å². The molecule has 8 nitrogen and oxygen atoms in total. The van der Waals surface area contributed by atoms with Gasteiger partial charge in [0.05, 0.1) is 28.4 Å². The van der Waals surface area contributed by atoms with Gasteiger partial charge in [-0.2, -0.15) is 0 Å². The zero-order valence-corrected chi connectivity index (χ0v) is 16.7. The number of carbonyl (C=O) groups is 2. The summed E-state index contributed by atoms with van der Waals surface area (Å²) < 4.78 is 20.8. The minimum atomic E-state index is -2.08. The van der Waals surface area contributed by atoms with Crippen LogP contribution in [0, 0.1) is 5.41 Å². The molecular formula is C21H24O8. The molecule has 8 heteroatoms. The van der Waals surface area contributed by atoms with Crippen molar-refractivity contribution in [2.75, 3.05) is 28.4 Å². The quantitative estimate of drug-likeness (QED) is 0.582. The van der Waals surface area contributed by atoms with Gasteiger partial charge in [-0.1, -0.05) is 12.1 Å². The summed E-state index contributed by atoms with van der Waals surface area (Å²) in [5, 5.41) is 19.8. The third kappa shape index (κ3) is 4.53. The summed E-state index contributed by atoms with van der Waals surface area (Å²) >= 11 is 0. The maximum Gasteiger partial charge on any atom is 0.321 e. The number of carboxylic acids is 2. The lowest BCUT2D eigenvalue weighted by molar-refractivity contribution is -0.164. The molecule has 2 aromatic carbocycles. The summed E-state index contributed by atoms with van der Waals surface area (Å²) in [5.41, 5.74) is -1.10. The number of hydrogen-bond acceptors (Lipinski definition) is 6. The molecule has 0 aliphatic heterocycles. The summed E-state index contributed by atoms with van der Waals surface area (Å²) in [5.74, 6) is -1.16. The van der Waals surface area contributed by atoms with E-state index in [-0.39, 0.29) is 12.8 Å². The van der Waals surface area contributed by atoms with Crippen molar-refractivity contribution in [3.63, 3.8) is 0 Å². The first-order valence-corrected chi connectivity index (χ1v) is 8.70. The molecule has 156 valence electrons. The molecule has 0 heterocycles. The van der Waals surface area contributed by atoms with Crippen LogP contribution in [0.2, 0.25) is 0 Å². The van der Waals surface area contributed by atoms with Crippen LogP contribution in [0.4, 0.5) is 0 Å². The minimum Gasteiger partial charge on any atom is -0.493 e. The third-order valence-corrected chi connectivity index (χ3v) is 4.73. The Morgan fingerprint density at radius 3 is 1.31 bits per heavy atom. The van der Waals surface area contributed by atoms with E-state index in [1.165, 1.54) is 28.4 Å². The highest BCUT2D eigenvalue weighted by Gasteiger charge is 2.47. The molecule has 2 aromatic rings. The molecule has 0 radical (unpaired) electrons. The first-order chi connectivity index (χ1) is 13.8. The van der Waals surface area contributed by atoms with E-state index in [1.54, 1.807) is 36.4 Å². The van der Waals surface area contributed by atoms with Crippen LogP contribution < -0.4 is 18.9 Å². The lowest BCUT2D eigenvalue weighted by Gasteiger charge is -2.26. The van der Waals surface area contributed by atoms with Gasteiger partial charge in [-0.3, -0.25) is 9.59 Å². The number of benzene rings is 2. The Bertz CT molecular complexity index is 817. The van der Waals surface area contributed by atoms with Crippen molar-refractivity contribution >= 4 is 11.9 Å². The van der Waals surface area contributed by atoms with Crippen LogP contribution >= 0.6 is 0 Å². The largest absolute Gasteiger partial charge is 0.493 e. The predicted molar refractivity (Wildman–Crippen MR) is 104 cm³/mol. The number of carboxylic acid groups (broad SMARTS) is 2. The van der Waals surface area contributed by atoms with E-state index < -0.39 is 17.4 Å². The van der Waals surface area contributed by atoms with Crippen LogP contribution in [0.15, 0.2) is 36.4 Å². The second kappa shape index (κ2) is 9.18. The van der Waals surface area contributed by atoms with Gasteiger partial charge in [0.1, 0.15) is 0 Å². The second-order valence-electron chi connectivity index (χ2n) is 6.42. The van der Waals surface area contributed by atoms with Crippen molar-refractivity contribution in [2.45, 2.75) is 12.8 Å². The monoisotopic (exact) mass is 404 g/mol. The highest BCUT2D eigenvalue weighted by Crippen LogP contribution is 2.36. The van der Waals surface area contributed by atoms with Gasteiger partial charge in [-0.25, -0.2) is 0 Å². The van der Waals surface area contributed by atoms with Gasteiger partial charge in [0.25, 0.3) is 0 Å². The van der Waals surface area contributed by atoms with E-state index >= 15 is 0 Å². The van der Waals surface area contributed by atoms with E-state index in [2.05, 4.69) is 0 Å². The van der Waals surface area contributed by atoms with Crippen molar-refractivity contribution in [3.05, 3.63) is 47.5 Å². The number of ether oxygens (including phenoxy) is 4. The van der Waals surface area contributed by atoms with Crippen molar-refractivity contribution in [1.82, 2.24) is 0 Å². The van der Waals surface area contributed by atoms with Crippen molar-refractivity contribution in [3.8, 4) is 23.0 Å². The van der Waals surface area contributed by atoms with Crippen LogP contribution in [-0.2, 0) is 22.4 Å². The maximum absolute atomic E-state index is 12.1. The molecule has 29 heavy (non-hydrogen) atoms. The Kier molecular flexibility index (Phi) is 6.93. The highest BCUT2D eigenvalue weighted by molar-refractivity contribution is 5.99. The number of rotatable bonds is 10. The first kappa shape index (κ1) is 21.9. The standard InChI is InChI=1S/C21H24O8/c1-26-15-7-5-13(9-17(15)28-3)11-21(19(22)23,20(24)25)12-14-6-8-16(27-2)18(10-14)29-4/h5-10H,11-12H2,1-4H3,(H,22,23)(H,24,25). The smallest absolute Gasteiger partial charge is 0.321 e. The van der Waals surface area contributed by atoms with Crippen LogP contribution in [0.5, 0.6) is 23.0 Å². The van der Waals surface area contributed by atoms with E-state index in [4.69, 9.17) is 18.9 Å². The molecule has 0 aliphatic rings. The fourth-order valence-electron chi connectivity index (χ4n) is 3.13. The number of hydrogen-bond donors (Lipinski definition) is 2. The van der Waals surface area contributed by atoms with Crippen molar-refractivity contribution < 1.29 is 38.7 Å². The summed E-state index contributed by atoms with van der Waals surface area (Å²) in [7, 11) is 5.86. The zero-order chi connectivity index (χ0) is 21.6. The predicted octanol–water partition coefficient (Wildman–Crippen LogP) is 2.66. The molecule has 0 fully saturated rings. The van der Waals surface area contributed by atoms with Crippen LogP contribution in [0.25, 0.3) is 0 Å². The Hall–Kier alpha value is -3.42. The minimum absolute atomic E-state index is 0.244. The molecule has 0 saturated carbocycles. The first-order valence-electron chi connectivity index (χ1n) is 8.70. The second-order valence-corrected chi connectivity index (χ2v) is 6.42. The molecule has 0 amide bonds. The van der Waals surface area contributed by atoms with E-state index in [9.17, 15) is 19.8 Å². The molecule has 0 bridgehead atoms. The molecule has 0 spiro atoms. The van der Waals surface area contributed by atoms with Gasteiger partial charge in [0.15, 0.2) is 28.4 Å². The average Bonchev–Trinajstić information content (AvgIpc) is 2.72. The molecule has 0 aromatic heterocycles. The lowest BCUT2D eigenvalue weighted by Crippen LogP contribution is -2.43. The van der Waals surface area contributed by atoms with Gasteiger partial charge in [0.2, 0.25) is 0 Å². The fourth-order valence-corrected chi connectivity index (χ4v) is 3.13. The Labute approximate surface area is 168 Å². The topological polar surface area (TPSA) is 112 Å². The normalized spacial score (nSPS) is 10.9. The number of aliphatic carboxylic acids is 2. The van der Waals surface area contributed by atoms with Gasteiger partial charge in [-0.15, -0.1) is 0 Å². The SMILES string of the molecule is COc1ccc(CC(Cc2ccc(OC)c(OC)c2)(C(=O)O)C(=O)O)cc1OC. The van der Waals surface area contributed by atoms with Gasteiger partial charge < -0.3 is 29.2 Å². The van der Waals surface area contributed by atoms with Gasteiger partial charge >= 0.3 is 11.9 Å². The van der Waals surface area contributed by atoms with Crippen LogP contribution in [-0.4, -0.2) is 50.6 Å². The molecule has 0 saturated heterocycles. The third-order valence-electron chi connectivity index (χ3n) is 4.73. The summed E-state index contributed by atoms with van der Waals surface area (Å²) in [6.45, 7) is 0. The Balaban J connectivity index is 2.47. The summed E-state index contributed by atoms with van der Waals surface area (Å²) in [4.78, 5) is 24.3.